The summed E-state index contributed by atoms with van der Waals surface area (Å²) in [6.45, 7) is -0.874. The first-order chi connectivity index (χ1) is 17.6. The Balaban J connectivity index is 1.68. The maximum atomic E-state index is 13.4. The summed E-state index contributed by atoms with van der Waals surface area (Å²) in [5, 5.41) is 59.1. The Bertz CT molecular complexity index is 1370. The number of carbonyl (C=O) groups excluding carboxylic acids is 2. The molecular formula is C26H23NO10. The standard InChI is InChI=1S/C26H23NO10/c27-21(24(34)23(33)17(31)10-28)22(32)13-2-1-3-16-20(13)25(35)37-26(16)14-6-4-11(29)8-18(14)36-19-9-12(30)5-7-15(19)26/h1-9,17,21,23-24,28-31,33-34H,10,27H2/t17-,21+,23-,24-/m1/s1. The van der Waals surface area contributed by atoms with E-state index >= 15 is 0 Å². The third kappa shape index (κ3) is 3.64. The predicted octanol–water partition coefficient (Wildman–Crippen LogP) is 0.251. The van der Waals surface area contributed by atoms with Gasteiger partial charge in [-0.3, -0.25) is 4.79 Å². The van der Waals surface area contributed by atoms with Crippen molar-refractivity contribution < 1.29 is 49.7 Å². The second-order valence-electron chi connectivity index (χ2n) is 8.88. The molecule has 0 aliphatic carbocycles. The van der Waals surface area contributed by atoms with Gasteiger partial charge in [0.1, 0.15) is 41.3 Å². The molecule has 0 aromatic heterocycles. The van der Waals surface area contributed by atoms with Crippen molar-refractivity contribution in [3.63, 3.8) is 0 Å². The monoisotopic (exact) mass is 509 g/mol. The molecule has 1 spiro atoms. The van der Waals surface area contributed by atoms with Crippen LogP contribution in [-0.2, 0) is 10.3 Å². The van der Waals surface area contributed by atoms with E-state index < -0.39 is 48.3 Å². The number of aromatic hydroxyl groups is 2. The Hall–Kier alpha value is -4.00. The van der Waals surface area contributed by atoms with Crippen LogP contribution in [-0.4, -0.2) is 73.4 Å². The van der Waals surface area contributed by atoms with Gasteiger partial charge in [0.05, 0.1) is 18.2 Å². The van der Waals surface area contributed by atoms with E-state index in [0.29, 0.717) is 11.1 Å². The molecule has 0 unspecified atom stereocenters. The van der Waals surface area contributed by atoms with Crippen LogP contribution in [0.2, 0.25) is 0 Å². The SMILES string of the molecule is N[C@@H](C(=O)c1cccc2c1C(=O)OC21c2ccc(O)cc2Oc2cc(O)ccc21)[C@@H](O)[C@H](O)[C@H](O)CO. The summed E-state index contributed by atoms with van der Waals surface area (Å²) in [7, 11) is 0. The number of rotatable bonds is 6. The first-order valence-corrected chi connectivity index (χ1v) is 11.3. The van der Waals surface area contributed by atoms with Crippen LogP contribution in [0.15, 0.2) is 54.6 Å². The number of aliphatic hydroxyl groups excluding tert-OH is 4. The van der Waals surface area contributed by atoms with Gasteiger partial charge in [0.25, 0.3) is 0 Å². The molecule has 11 nitrogen and oxygen atoms in total. The minimum absolute atomic E-state index is 0.116. The molecule has 192 valence electrons. The average Bonchev–Trinajstić information content (AvgIpc) is 3.18. The molecule has 0 bridgehead atoms. The molecular weight excluding hydrogens is 486 g/mol. The minimum Gasteiger partial charge on any atom is -0.508 e. The maximum absolute atomic E-state index is 13.4. The molecule has 3 aromatic carbocycles. The van der Waals surface area contributed by atoms with Gasteiger partial charge in [-0.1, -0.05) is 18.2 Å². The van der Waals surface area contributed by atoms with Gasteiger partial charge in [0.15, 0.2) is 11.4 Å². The lowest BCUT2D eigenvalue weighted by molar-refractivity contribution is -0.0798. The Kier molecular flexibility index (Phi) is 5.89. The molecule has 5 rings (SSSR count). The molecule has 4 atom stereocenters. The molecule has 0 amide bonds. The zero-order valence-electron chi connectivity index (χ0n) is 19.1. The zero-order chi connectivity index (χ0) is 26.6. The number of phenolic OH excluding ortho intramolecular Hbond substituents is 2. The highest BCUT2D eigenvalue weighted by Gasteiger charge is 2.55. The molecule has 2 heterocycles. The van der Waals surface area contributed by atoms with Crippen LogP contribution in [0.4, 0.5) is 0 Å². The van der Waals surface area contributed by atoms with E-state index in [1.165, 1.54) is 48.5 Å². The molecule has 0 radical (unpaired) electrons. The first kappa shape index (κ1) is 24.7. The van der Waals surface area contributed by atoms with Crippen LogP contribution in [0.1, 0.15) is 37.4 Å². The van der Waals surface area contributed by atoms with Crippen LogP contribution < -0.4 is 10.5 Å². The maximum Gasteiger partial charge on any atom is 0.340 e. The van der Waals surface area contributed by atoms with Crippen molar-refractivity contribution in [2.45, 2.75) is 30.0 Å². The van der Waals surface area contributed by atoms with Gasteiger partial charge in [-0.15, -0.1) is 0 Å². The van der Waals surface area contributed by atoms with Crippen molar-refractivity contribution in [3.8, 4) is 23.0 Å². The normalized spacial score (nSPS) is 18.0. The van der Waals surface area contributed by atoms with Crippen LogP contribution in [0.25, 0.3) is 0 Å². The van der Waals surface area contributed by atoms with E-state index in [1.807, 2.05) is 0 Å². The molecule has 3 aromatic rings. The minimum atomic E-state index is -1.95. The lowest BCUT2D eigenvalue weighted by Gasteiger charge is -2.36. The molecule has 2 aliphatic heterocycles. The van der Waals surface area contributed by atoms with Crippen molar-refractivity contribution in [2.24, 2.45) is 5.73 Å². The number of ether oxygens (including phenoxy) is 2. The zero-order valence-corrected chi connectivity index (χ0v) is 19.1. The largest absolute Gasteiger partial charge is 0.508 e. The van der Waals surface area contributed by atoms with Crippen molar-refractivity contribution in [2.75, 3.05) is 6.61 Å². The number of aliphatic hydroxyl groups is 4. The smallest absolute Gasteiger partial charge is 0.340 e. The number of benzene rings is 3. The van der Waals surface area contributed by atoms with Crippen LogP contribution in [0.5, 0.6) is 23.0 Å². The number of nitrogens with two attached hydrogens (primary N) is 1. The third-order valence-electron chi connectivity index (χ3n) is 6.67. The number of hydrogen-bond acceptors (Lipinski definition) is 11. The summed E-state index contributed by atoms with van der Waals surface area (Å²) in [6, 6.07) is 11.1. The van der Waals surface area contributed by atoms with Gasteiger partial charge in [0, 0.05) is 34.4 Å². The van der Waals surface area contributed by atoms with Crippen LogP contribution in [0, 0.1) is 0 Å². The van der Waals surface area contributed by atoms with Gasteiger partial charge >= 0.3 is 5.97 Å². The van der Waals surface area contributed by atoms with E-state index in [2.05, 4.69) is 0 Å². The quantitative estimate of drug-likeness (QED) is 0.177. The summed E-state index contributed by atoms with van der Waals surface area (Å²) in [4.78, 5) is 26.7. The number of phenols is 2. The number of carbonyl (C=O) groups is 2. The number of ketones is 1. The van der Waals surface area contributed by atoms with Gasteiger partial charge in [-0.05, 0) is 24.3 Å². The topological polar surface area (TPSA) is 200 Å². The van der Waals surface area contributed by atoms with E-state index in [0.717, 1.165) is 0 Å². The molecule has 37 heavy (non-hydrogen) atoms. The van der Waals surface area contributed by atoms with Crippen molar-refractivity contribution >= 4 is 11.8 Å². The number of esters is 1. The van der Waals surface area contributed by atoms with Crippen molar-refractivity contribution in [3.05, 3.63) is 82.4 Å². The van der Waals surface area contributed by atoms with E-state index in [9.17, 15) is 35.1 Å². The van der Waals surface area contributed by atoms with Crippen molar-refractivity contribution in [1.29, 1.82) is 0 Å². The Labute approximate surface area is 209 Å². The number of hydrogen-bond donors (Lipinski definition) is 7. The van der Waals surface area contributed by atoms with E-state index in [1.54, 1.807) is 6.07 Å². The number of fused-ring (bicyclic) bond motifs is 6. The molecule has 8 N–H and O–H groups in total. The summed E-state index contributed by atoms with van der Waals surface area (Å²) in [6.07, 6.45) is -5.62. The summed E-state index contributed by atoms with van der Waals surface area (Å²) in [5.41, 5.74) is 4.93. The molecule has 0 fully saturated rings. The van der Waals surface area contributed by atoms with Crippen molar-refractivity contribution in [1.82, 2.24) is 0 Å². The number of Topliss-reactive ketones (excluding diaryl/α,β-unsaturated/α-hetero) is 1. The van der Waals surface area contributed by atoms with E-state index in [4.69, 9.17) is 20.3 Å². The van der Waals surface area contributed by atoms with E-state index in [-0.39, 0.29) is 39.7 Å². The molecule has 2 aliphatic rings. The van der Waals surface area contributed by atoms with Gasteiger partial charge in [0.2, 0.25) is 0 Å². The molecule has 0 saturated carbocycles. The van der Waals surface area contributed by atoms with Gasteiger partial charge in [-0.25, -0.2) is 4.79 Å². The first-order valence-electron chi connectivity index (χ1n) is 11.3. The summed E-state index contributed by atoms with van der Waals surface area (Å²) >= 11 is 0. The van der Waals surface area contributed by atoms with Gasteiger partial charge in [-0.2, -0.15) is 0 Å². The highest BCUT2D eigenvalue weighted by Crippen LogP contribution is 2.57. The Morgan fingerprint density at radius 1 is 0.892 bits per heavy atom. The third-order valence-corrected chi connectivity index (χ3v) is 6.67. The highest BCUT2D eigenvalue weighted by atomic mass is 16.6. The fourth-order valence-corrected chi connectivity index (χ4v) is 4.83. The Morgan fingerprint density at radius 2 is 1.49 bits per heavy atom. The van der Waals surface area contributed by atoms with Crippen LogP contribution >= 0.6 is 0 Å². The molecule has 11 heteroatoms. The lowest BCUT2D eigenvalue weighted by Crippen LogP contribution is -2.52. The second-order valence-corrected chi connectivity index (χ2v) is 8.88. The second kappa shape index (κ2) is 8.83. The van der Waals surface area contributed by atoms with Gasteiger partial charge < -0.3 is 45.8 Å². The van der Waals surface area contributed by atoms with Crippen LogP contribution in [0.3, 0.4) is 0 Å². The summed E-state index contributed by atoms with van der Waals surface area (Å²) in [5.74, 6) is -1.71. The lowest BCUT2D eigenvalue weighted by atomic mass is 9.76. The molecule has 0 saturated heterocycles. The Morgan fingerprint density at radius 3 is 2.05 bits per heavy atom. The fraction of sp³-hybridized carbons (Fsp3) is 0.231. The fourth-order valence-electron chi connectivity index (χ4n) is 4.83. The highest BCUT2D eigenvalue weighted by molar-refractivity contribution is 6.11. The predicted molar refractivity (Wildman–Crippen MR) is 125 cm³/mol. The summed E-state index contributed by atoms with van der Waals surface area (Å²) < 4.78 is 11.8. The average molecular weight is 509 g/mol.